The molecule has 88 valence electrons. The van der Waals surface area contributed by atoms with E-state index >= 15 is 0 Å². The van der Waals surface area contributed by atoms with Gasteiger partial charge in [0, 0.05) is 11.5 Å². The summed E-state index contributed by atoms with van der Waals surface area (Å²) in [6, 6.07) is 9.68. The van der Waals surface area contributed by atoms with Gasteiger partial charge in [0.15, 0.2) is 5.78 Å². The van der Waals surface area contributed by atoms with Crippen molar-refractivity contribution in [3.63, 3.8) is 0 Å². The molecule has 0 aromatic heterocycles. The Labute approximate surface area is 98.9 Å². The number of rotatable bonds is 6. The Bertz CT molecular complexity index is 315. The fraction of sp³-hybridized carbons (Fsp3) is 0.533. The quantitative estimate of drug-likeness (QED) is 0.649. The predicted octanol–water partition coefficient (Wildman–Crippen LogP) is 4.33. The van der Waals surface area contributed by atoms with Crippen LogP contribution in [-0.4, -0.2) is 5.78 Å². The molecule has 0 aliphatic carbocycles. The summed E-state index contributed by atoms with van der Waals surface area (Å²) >= 11 is 0. The molecule has 0 spiro atoms. The van der Waals surface area contributed by atoms with Crippen LogP contribution in [0.15, 0.2) is 30.3 Å². The summed E-state index contributed by atoms with van der Waals surface area (Å²) in [5.74, 6) is 0.988. The van der Waals surface area contributed by atoms with Crippen molar-refractivity contribution in [1.29, 1.82) is 0 Å². The first-order valence-electron chi connectivity index (χ1n) is 6.29. The summed E-state index contributed by atoms with van der Waals surface area (Å²) in [5, 5.41) is 0. The molecule has 2 unspecified atom stereocenters. The van der Waals surface area contributed by atoms with E-state index in [1.54, 1.807) is 0 Å². The van der Waals surface area contributed by atoms with E-state index in [1.165, 1.54) is 0 Å². The molecule has 1 rings (SSSR count). The monoisotopic (exact) mass is 218 g/mol. The minimum absolute atomic E-state index is 0.192. The van der Waals surface area contributed by atoms with Gasteiger partial charge in [-0.05, 0) is 12.3 Å². The number of hydrogen-bond donors (Lipinski definition) is 0. The second-order valence-electron chi connectivity index (χ2n) is 4.51. The maximum atomic E-state index is 12.3. The van der Waals surface area contributed by atoms with Gasteiger partial charge in [-0.15, -0.1) is 0 Å². The summed E-state index contributed by atoms with van der Waals surface area (Å²) < 4.78 is 0. The van der Waals surface area contributed by atoms with Crippen LogP contribution in [0.2, 0.25) is 0 Å². The van der Waals surface area contributed by atoms with Crippen LogP contribution >= 0.6 is 0 Å². The molecule has 16 heavy (non-hydrogen) atoms. The summed E-state index contributed by atoms with van der Waals surface area (Å²) in [7, 11) is 0. The largest absolute Gasteiger partial charge is 0.294 e. The first-order chi connectivity index (χ1) is 7.70. The lowest BCUT2D eigenvalue weighted by molar-refractivity contribution is 0.0866. The van der Waals surface area contributed by atoms with Crippen LogP contribution in [0.5, 0.6) is 0 Å². The smallest absolute Gasteiger partial charge is 0.166 e. The molecule has 1 nitrogen and oxygen atoms in total. The number of Topliss-reactive ketones (excluding diaryl/α,β-unsaturated/α-hetero) is 1. The zero-order chi connectivity index (χ0) is 12.0. The van der Waals surface area contributed by atoms with Crippen LogP contribution in [0.4, 0.5) is 0 Å². The standard InChI is InChI=1S/C15H22O/c1-4-9-14(12(3)5-2)15(16)13-10-7-6-8-11-13/h6-8,10-12,14H,4-5,9H2,1-3H3. The summed E-state index contributed by atoms with van der Waals surface area (Å²) in [6.07, 6.45) is 3.15. The highest BCUT2D eigenvalue weighted by Crippen LogP contribution is 2.24. The number of ketones is 1. The van der Waals surface area contributed by atoms with Crippen molar-refractivity contribution in [2.75, 3.05) is 0 Å². The summed E-state index contributed by atoms with van der Waals surface area (Å²) in [5.41, 5.74) is 0.862. The van der Waals surface area contributed by atoms with Crippen molar-refractivity contribution < 1.29 is 4.79 Å². The molecule has 0 bridgehead atoms. The van der Waals surface area contributed by atoms with Crippen LogP contribution in [0, 0.1) is 11.8 Å². The molecule has 1 aromatic rings. The van der Waals surface area contributed by atoms with Gasteiger partial charge in [-0.1, -0.05) is 63.9 Å². The molecule has 0 N–H and O–H groups in total. The van der Waals surface area contributed by atoms with E-state index in [-0.39, 0.29) is 5.92 Å². The molecule has 0 saturated carbocycles. The van der Waals surface area contributed by atoms with Crippen molar-refractivity contribution in [3.8, 4) is 0 Å². The van der Waals surface area contributed by atoms with Crippen molar-refractivity contribution in [1.82, 2.24) is 0 Å². The van der Waals surface area contributed by atoms with Gasteiger partial charge in [0.25, 0.3) is 0 Å². The SMILES string of the molecule is CCCC(C(=O)c1ccccc1)C(C)CC. The molecule has 0 radical (unpaired) electrons. The van der Waals surface area contributed by atoms with E-state index in [4.69, 9.17) is 0 Å². The summed E-state index contributed by atoms with van der Waals surface area (Å²) in [4.78, 5) is 12.3. The Balaban J connectivity index is 2.83. The predicted molar refractivity (Wildman–Crippen MR) is 68.6 cm³/mol. The molecular formula is C15H22O. The van der Waals surface area contributed by atoms with Gasteiger partial charge in [-0.3, -0.25) is 4.79 Å². The minimum Gasteiger partial charge on any atom is -0.294 e. The first kappa shape index (κ1) is 13.0. The van der Waals surface area contributed by atoms with E-state index < -0.39 is 0 Å². The molecule has 0 aliphatic rings. The van der Waals surface area contributed by atoms with Gasteiger partial charge in [0.1, 0.15) is 0 Å². The molecular weight excluding hydrogens is 196 g/mol. The van der Waals surface area contributed by atoms with E-state index in [0.717, 1.165) is 24.8 Å². The average Bonchev–Trinajstić information content (AvgIpc) is 2.35. The molecule has 0 saturated heterocycles. The van der Waals surface area contributed by atoms with Crippen molar-refractivity contribution in [3.05, 3.63) is 35.9 Å². The van der Waals surface area contributed by atoms with Crippen LogP contribution in [0.1, 0.15) is 50.4 Å². The minimum atomic E-state index is 0.192. The Kier molecular flexibility index (Phi) is 5.24. The van der Waals surface area contributed by atoms with Crippen molar-refractivity contribution in [2.45, 2.75) is 40.0 Å². The molecule has 0 heterocycles. The first-order valence-corrected chi connectivity index (χ1v) is 6.29. The molecule has 1 aromatic carbocycles. The zero-order valence-electron chi connectivity index (χ0n) is 10.6. The van der Waals surface area contributed by atoms with E-state index in [0.29, 0.717) is 11.7 Å². The Morgan fingerprint density at radius 2 is 1.81 bits per heavy atom. The lowest BCUT2D eigenvalue weighted by atomic mass is 9.82. The molecule has 0 aliphatic heterocycles. The zero-order valence-corrected chi connectivity index (χ0v) is 10.6. The normalized spacial score (nSPS) is 14.4. The summed E-state index contributed by atoms with van der Waals surface area (Å²) in [6.45, 7) is 6.49. The third-order valence-electron chi connectivity index (χ3n) is 3.33. The number of carbonyl (C=O) groups is 1. The lowest BCUT2D eigenvalue weighted by Crippen LogP contribution is -2.21. The van der Waals surface area contributed by atoms with Gasteiger partial charge in [0.2, 0.25) is 0 Å². The molecule has 0 amide bonds. The maximum absolute atomic E-state index is 12.3. The fourth-order valence-corrected chi connectivity index (χ4v) is 2.09. The van der Waals surface area contributed by atoms with Crippen molar-refractivity contribution in [2.24, 2.45) is 11.8 Å². The average molecular weight is 218 g/mol. The Morgan fingerprint density at radius 1 is 1.19 bits per heavy atom. The van der Waals surface area contributed by atoms with Gasteiger partial charge in [0.05, 0.1) is 0 Å². The van der Waals surface area contributed by atoms with Crippen LogP contribution < -0.4 is 0 Å². The van der Waals surface area contributed by atoms with Crippen LogP contribution in [0.3, 0.4) is 0 Å². The molecule has 2 atom stereocenters. The van der Waals surface area contributed by atoms with Gasteiger partial charge in [-0.2, -0.15) is 0 Å². The molecule has 0 fully saturated rings. The maximum Gasteiger partial charge on any atom is 0.166 e. The second kappa shape index (κ2) is 6.47. The Morgan fingerprint density at radius 3 is 2.31 bits per heavy atom. The highest BCUT2D eigenvalue weighted by molar-refractivity contribution is 5.97. The van der Waals surface area contributed by atoms with Gasteiger partial charge >= 0.3 is 0 Å². The fourth-order valence-electron chi connectivity index (χ4n) is 2.09. The number of hydrogen-bond acceptors (Lipinski definition) is 1. The highest BCUT2D eigenvalue weighted by atomic mass is 16.1. The van der Waals surface area contributed by atoms with Crippen LogP contribution in [0.25, 0.3) is 0 Å². The number of benzene rings is 1. The second-order valence-corrected chi connectivity index (χ2v) is 4.51. The highest BCUT2D eigenvalue weighted by Gasteiger charge is 2.23. The topological polar surface area (TPSA) is 17.1 Å². The van der Waals surface area contributed by atoms with Crippen LogP contribution in [-0.2, 0) is 0 Å². The Hall–Kier alpha value is -1.11. The number of carbonyl (C=O) groups excluding carboxylic acids is 1. The third kappa shape index (κ3) is 3.19. The van der Waals surface area contributed by atoms with Crippen molar-refractivity contribution >= 4 is 5.78 Å². The van der Waals surface area contributed by atoms with E-state index in [9.17, 15) is 4.79 Å². The van der Waals surface area contributed by atoms with E-state index in [2.05, 4.69) is 20.8 Å². The van der Waals surface area contributed by atoms with E-state index in [1.807, 2.05) is 30.3 Å². The molecule has 1 heteroatoms. The van der Waals surface area contributed by atoms with Gasteiger partial charge < -0.3 is 0 Å². The van der Waals surface area contributed by atoms with Gasteiger partial charge in [-0.25, -0.2) is 0 Å². The third-order valence-corrected chi connectivity index (χ3v) is 3.33. The lowest BCUT2D eigenvalue weighted by Gasteiger charge is -2.21.